The van der Waals surface area contributed by atoms with Gasteiger partial charge in [-0.1, -0.05) is 0 Å². The normalized spacial score (nSPS) is 21.9. The first-order chi connectivity index (χ1) is 16.6. The molecule has 6 rings (SSSR count). The van der Waals surface area contributed by atoms with E-state index in [9.17, 15) is 9.59 Å². The molecule has 1 saturated heterocycles. The molecule has 9 nitrogen and oxygen atoms in total. The Bertz CT molecular complexity index is 1300. The van der Waals surface area contributed by atoms with E-state index in [1.165, 1.54) is 0 Å². The maximum Gasteiger partial charge on any atom is 0.291 e. The smallest absolute Gasteiger partial charge is 0.291 e. The Balaban J connectivity index is 1.19. The number of ether oxygens (including phenoxy) is 1. The molecule has 1 aliphatic carbocycles. The van der Waals surface area contributed by atoms with Crippen LogP contribution >= 0.6 is 0 Å². The quantitative estimate of drug-likeness (QED) is 0.613. The standard InChI is InChI=1S/C25H28N6O3/c1-26-24(32)18-5-4-16(13-27-18)31-9-8-30(20-6-7-21(20)31)14-15-11-19-22(28-12-15)17-3-2-10-34-23(17)25(33)29-19/h4-5,11-13,20-21H,2-3,6-10,14H2,1H3,(H,26,32)(H,29,33). The predicted octanol–water partition coefficient (Wildman–Crippen LogP) is 1.86. The lowest BCUT2D eigenvalue weighted by Crippen LogP contribution is -2.64. The summed E-state index contributed by atoms with van der Waals surface area (Å²) in [5.41, 5.74) is 5.01. The molecule has 176 valence electrons. The minimum Gasteiger partial charge on any atom is -0.488 e. The molecule has 0 spiro atoms. The van der Waals surface area contributed by atoms with Crippen molar-refractivity contribution >= 4 is 22.6 Å². The molecule has 2 atom stereocenters. The molecule has 0 bridgehead atoms. The Morgan fingerprint density at radius 2 is 2.09 bits per heavy atom. The molecular weight excluding hydrogens is 432 g/mol. The van der Waals surface area contributed by atoms with Crippen LogP contribution in [0.2, 0.25) is 0 Å². The van der Waals surface area contributed by atoms with E-state index in [2.05, 4.69) is 31.2 Å². The SMILES string of the molecule is CNC(=O)c1ccc(N2CCN(Cc3cnc4c5c(c(=O)[nH]c4c3)OCCC5)C3CCC32)cn1. The Labute approximate surface area is 197 Å². The maximum absolute atomic E-state index is 12.5. The first kappa shape index (κ1) is 21.1. The molecule has 3 aliphatic rings. The van der Waals surface area contributed by atoms with Crippen molar-refractivity contribution in [3.05, 3.63) is 57.8 Å². The number of aryl methyl sites for hydroxylation is 1. The van der Waals surface area contributed by atoms with Crippen molar-refractivity contribution in [3.63, 3.8) is 0 Å². The van der Waals surface area contributed by atoms with Gasteiger partial charge in [0.2, 0.25) is 0 Å². The number of amides is 1. The van der Waals surface area contributed by atoms with Crippen LogP contribution in [0.5, 0.6) is 5.75 Å². The number of fused-ring (bicyclic) bond motifs is 4. The van der Waals surface area contributed by atoms with Crippen LogP contribution in [-0.4, -0.2) is 64.6 Å². The summed E-state index contributed by atoms with van der Waals surface area (Å²) in [6.07, 6.45) is 7.79. The van der Waals surface area contributed by atoms with Crippen LogP contribution in [0.3, 0.4) is 0 Å². The molecule has 3 aromatic heterocycles. The van der Waals surface area contributed by atoms with E-state index in [0.29, 0.717) is 30.1 Å². The summed E-state index contributed by atoms with van der Waals surface area (Å²) in [6, 6.07) is 6.77. The summed E-state index contributed by atoms with van der Waals surface area (Å²) in [5, 5.41) is 2.61. The van der Waals surface area contributed by atoms with Crippen LogP contribution < -0.4 is 20.5 Å². The zero-order chi connectivity index (χ0) is 23.2. The minimum atomic E-state index is -0.170. The van der Waals surface area contributed by atoms with Crippen LogP contribution in [0.1, 0.15) is 40.9 Å². The zero-order valence-corrected chi connectivity index (χ0v) is 19.2. The fourth-order valence-corrected chi connectivity index (χ4v) is 5.55. The van der Waals surface area contributed by atoms with E-state index in [-0.39, 0.29) is 11.5 Å². The summed E-state index contributed by atoms with van der Waals surface area (Å²) in [5.74, 6) is 0.265. The van der Waals surface area contributed by atoms with E-state index >= 15 is 0 Å². The van der Waals surface area contributed by atoms with Gasteiger partial charge >= 0.3 is 0 Å². The highest BCUT2D eigenvalue weighted by Crippen LogP contribution is 2.37. The van der Waals surface area contributed by atoms with Gasteiger partial charge in [-0.3, -0.25) is 19.5 Å². The number of rotatable bonds is 4. The molecule has 2 fully saturated rings. The number of H-pyrrole nitrogens is 1. The van der Waals surface area contributed by atoms with E-state index in [1.807, 2.05) is 18.5 Å². The van der Waals surface area contributed by atoms with Crippen LogP contribution in [0, 0.1) is 0 Å². The number of carbonyl (C=O) groups is 1. The van der Waals surface area contributed by atoms with Crippen LogP contribution in [0.25, 0.3) is 11.0 Å². The van der Waals surface area contributed by atoms with Gasteiger partial charge in [0.1, 0.15) is 5.69 Å². The molecule has 2 unspecified atom stereocenters. The van der Waals surface area contributed by atoms with Crippen molar-refractivity contribution in [2.75, 3.05) is 31.6 Å². The molecular formula is C25H28N6O3. The average Bonchev–Trinajstić information content (AvgIpc) is 2.84. The third-order valence-electron chi connectivity index (χ3n) is 7.40. The lowest BCUT2D eigenvalue weighted by Gasteiger charge is -2.54. The van der Waals surface area contributed by atoms with Crippen molar-refractivity contribution in [3.8, 4) is 5.75 Å². The number of nitrogens with zero attached hydrogens (tertiary/aromatic N) is 4. The average molecular weight is 461 g/mol. The number of anilines is 1. The van der Waals surface area contributed by atoms with E-state index < -0.39 is 0 Å². The van der Waals surface area contributed by atoms with E-state index in [4.69, 9.17) is 9.72 Å². The fourth-order valence-electron chi connectivity index (χ4n) is 5.55. The second kappa shape index (κ2) is 8.39. The third-order valence-corrected chi connectivity index (χ3v) is 7.40. The molecule has 2 N–H and O–H groups in total. The first-order valence-electron chi connectivity index (χ1n) is 12.0. The number of piperazine rings is 1. The molecule has 5 heterocycles. The molecule has 34 heavy (non-hydrogen) atoms. The summed E-state index contributed by atoms with van der Waals surface area (Å²) in [4.78, 5) is 41.3. The van der Waals surface area contributed by atoms with Gasteiger partial charge in [-0.15, -0.1) is 0 Å². The number of carbonyl (C=O) groups excluding carboxylic acids is 1. The highest BCUT2D eigenvalue weighted by molar-refractivity contribution is 5.92. The second-order valence-corrected chi connectivity index (χ2v) is 9.31. The van der Waals surface area contributed by atoms with Crippen molar-refractivity contribution in [1.29, 1.82) is 0 Å². The van der Waals surface area contributed by atoms with Crippen LogP contribution in [0.4, 0.5) is 5.69 Å². The Morgan fingerprint density at radius 1 is 1.21 bits per heavy atom. The Morgan fingerprint density at radius 3 is 2.85 bits per heavy atom. The number of aromatic amines is 1. The first-order valence-corrected chi connectivity index (χ1v) is 12.0. The van der Waals surface area contributed by atoms with Crippen molar-refractivity contribution in [1.82, 2.24) is 25.2 Å². The van der Waals surface area contributed by atoms with Crippen LogP contribution in [-0.2, 0) is 13.0 Å². The second-order valence-electron chi connectivity index (χ2n) is 9.31. The van der Waals surface area contributed by atoms with Gasteiger partial charge in [-0.25, -0.2) is 4.98 Å². The maximum atomic E-state index is 12.5. The van der Waals surface area contributed by atoms with Crippen molar-refractivity contribution < 1.29 is 9.53 Å². The molecule has 0 aromatic carbocycles. The monoisotopic (exact) mass is 460 g/mol. The number of nitrogens with one attached hydrogen (secondary N) is 2. The largest absolute Gasteiger partial charge is 0.488 e. The van der Waals surface area contributed by atoms with Gasteiger partial charge in [0.05, 0.1) is 29.5 Å². The third kappa shape index (κ3) is 3.51. The predicted molar refractivity (Wildman–Crippen MR) is 128 cm³/mol. The zero-order valence-electron chi connectivity index (χ0n) is 19.2. The molecule has 2 aliphatic heterocycles. The summed E-state index contributed by atoms with van der Waals surface area (Å²) < 4.78 is 5.60. The van der Waals surface area contributed by atoms with Gasteiger partial charge in [0.25, 0.3) is 11.5 Å². The highest BCUT2D eigenvalue weighted by Gasteiger charge is 2.43. The van der Waals surface area contributed by atoms with E-state index in [0.717, 1.165) is 73.2 Å². The Hall–Kier alpha value is -3.46. The van der Waals surface area contributed by atoms with Crippen molar-refractivity contribution in [2.24, 2.45) is 0 Å². The van der Waals surface area contributed by atoms with Crippen molar-refractivity contribution in [2.45, 2.75) is 44.3 Å². The highest BCUT2D eigenvalue weighted by atomic mass is 16.5. The lowest BCUT2D eigenvalue weighted by atomic mass is 9.81. The van der Waals surface area contributed by atoms with E-state index in [1.54, 1.807) is 13.1 Å². The number of pyridine rings is 3. The topological polar surface area (TPSA) is 103 Å². The van der Waals surface area contributed by atoms with Gasteiger partial charge in [0, 0.05) is 50.5 Å². The summed E-state index contributed by atoms with van der Waals surface area (Å²) >= 11 is 0. The molecule has 0 radical (unpaired) electrons. The molecule has 1 amide bonds. The fraction of sp³-hybridized carbons (Fsp3) is 0.440. The van der Waals surface area contributed by atoms with Gasteiger partial charge in [-0.05, 0) is 49.4 Å². The van der Waals surface area contributed by atoms with Gasteiger partial charge in [0.15, 0.2) is 5.75 Å². The molecule has 3 aromatic rings. The lowest BCUT2D eigenvalue weighted by molar-refractivity contribution is 0.0658. The molecule has 9 heteroatoms. The summed E-state index contributed by atoms with van der Waals surface area (Å²) in [6.45, 7) is 3.24. The van der Waals surface area contributed by atoms with Gasteiger partial charge < -0.3 is 19.9 Å². The summed E-state index contributed by atoms with van der Waals surface area (Å²) in [7, 11) is 1.61. The minimum absolute atomic E-state index is 0.162. The van der Waals surface area contributed by atoms with Crippen LogP contribution in [0.15, 0.2) is 35.4 Å². The molecule has 1 saturated carbocycles. The Kier molecular flexibility index (Phi) is 5.21. The van der Waals surface area contributed by atoms with Gasteiger partial charge in [-0.2, -0.15) is 0 Å². The number of hydrogen-bond acceptors (Lipinski definition) is 7. The number of hydrogen-bond donors (Lipinski definition) is 2. The number of aromatic nitrogens is 3.